The molecule has 4 aromatic rings. The van der Waals surface area contributed by atoms with Crippen molar-refractivity contribution in [1.82, 2.24) is 4.90 Å². The van der Waals surface area contributed by atoms with Gasteiger partial charge in [0, 0.05) is 55.9 Å². The maximum absolute atomic E-state index is 14.7. The average molecular weight is 1020 g/mol. The van der Waals surface area contributed by atoms with Crippen molar-refractivity contribution in [2.75, 3.05) is 59.1 Å². The van der Waals surface area contributed by atoms with Gasteiger partial charge < -0.3 is 48.2 Å². The third-order valence-electron chi connectivity index (χ3n) is 13.7. The largest absolute Gasteiger partial charge is 0.497 e. The van der Waals surface area contributed by atoms with Gasteiger partial charge in [-0.25, -0.2) is 9.59 Å². The number of allylic oxidation sites excluding steroid dienone is 1. The summed E-state index contributed by atoms with van der Waals surface area (Å²) in [5.74, 6) is -1.28. The maximum Gasteiger partial charge on any atom is 0.417 e. The summed E-state index contributed by atoms with van der Waals surface area (Å²) in [6, 6.07) is 25.1. The highest BCUT2D eigenvalue weighted by atomic mass is 16.7. The minimum absolute atomic E-state index is 0.00557. The van der Waals surface area contributed by atoms with Crippen molar-refractivity contribution >= 4 is 29.3 Å². The number of oxime groups is 1. The molecule has 74 heavy (non-hydrogen) atoms. The molecule has 0 aromatic heterocycles. The molecule has 3 aliphatic rings. The molecule has 0 bridgehead atoms. The SMILES string of the molecule is C=CCO[C@@]12Oc3ccc(OC(=O)Nc4ccc(OC)cc4OC)cc3[C@H]3[C@H](CCCCO)[C@@H](CCCCO)C=C(C(=NOCc4ccc([N+](=O)[O-])cc4)C[C@@H]1N(CCC)C(=O)OCCOCc1ccccc1)[C@H]32. The van der Waals surface area contributed by atoms with Gasteiger partial charge in [-0.2, -0.15) is 0 Å². The van der Waals surface area contributed by atoms with Gasteiger partial charge in [-0.1, -0.05) is 67.4 Å². The minimum atomic E-state index is -1.58. The molecular formula is C56H68N4O14. The number of aliphatic hydroxyl groups is 2. The fraction of sp³-hybridized carbons (Fsp3) is 0.446. The molecule has 0 unspecified atom stereocenters. The topological polar surface area (TPSA) is 219 Å². The zero-order valence-corrected chi connectivity index (χ0v) is 42.4. The maximum atomic E-state index is 14.7. The second kappa shape index (κ2) is 26.8. The number of fused-ring (bicyclic) bond motifs is 2. The molecule has 1 saturated carbocycles. The Hall–Kier alpha value is -6.99. The molecule has 1 heterocycles. The van der Waals surface area contributed by atoms with Crippen LogP contribution in [-0.2, 0) is 32.3 Å². The summed E-state index contributed by atoms with van der Waals surface area (Å²) in [4.78, 5) is 47.2. The van der Waals surface area contributed by atoms with Gasteiger partial charge in [0.05, 0.1) is 56.3 Å². The number of anilines is 1. The summed E-state index contributed by atoms with van der Waals surface area (Å²) in [6.07, 6.45) is 7.07. The number of nitro groups is 1. The number of hydrogen-bond acceptors (Lipinski definition) is 15. The second-order valence-electron chi connectivity index (χ2n) is 18.4. The van der Waals surface area contributed by atoms with E-state index in [1.165, 1.54) is 26.4 Å². The van der Waals surface area contributed by atoms with Crippen LogP contribution in [0, 0.1) is 27.9 Å². The highest BCUT2D eigenvalue weighted by Gasteiger charge is 2.65. The summed E-state index contributed by atoms with van der Waals surface area (Å²) in [6.45, 7) is 6.77. The summed E-state index contributed by atoms with van der Waals surface area (Å²) in [5.41, 5.74) is 4.01. The quantitative estimate of drug-likeness (QED) is 0.0219. The molecule has 0 saturated heterocycles. The molecule has 1 aliphatic heterocycles. The van der Waals surface area contributed by atoms with E-state index in [0.29, 0.717) is 79.3 Å². The number of amides is 2. The molecule has 7 rings (SSSR count). The van der Waals surface area contributed by atoms with E-state index in [1.807, 2.05) is 43.3 Å². The fourth-order valence-electron chi connectivity index (χ4n) is 10.4. The fourth-order valence-corrected chi connectivity index (χ4v) is 10.4. The average Bonchev–Trinajstić information content (AvgIpc) is 3.42. The summed E-state index contributed by atoms with van der Waals surface area (Å²) in [5, 5.41) is 39.1. The molecule has 396 valence electrons. The number of hydrogen-bond donors (Lipinski definition) is 3. The predicted molar refractivity (Wildman–Crippen MR) is 276 cm³/mol. The number of nitro benzene ring substituents is 1. The highest BCUT2D eigenvalue weighted by molar-refractivity contribution is 6.03. The minimum Gasteiger partial charge on any atom is -0.497 e. The summed E-state index contributed by atoms with van der Waals surface area (Å²) < 4.78 is 43.1. The van der Waals surface area contributed by atoms with Crippen LogP contribution in [0.15, 0.2) is 120 Å². The Balaban J connectivity index is 1.33. The number of nitrogens with zero attached hydrogens (tertiary/aromatic N) is 3. The Bertz CT molecular complexity index is 2570. The van der Waals surface area contributed by atoms with E-state index in [4.69, 9.17) is 43.2 Å². The lowest BCUT2D eigenvalue weighted by atomic mass is 9.55. The van der Waals surface area contributed by atoms with Crippen molar-refractivity contribution < 1.29 is 62.7 Å². The normalized spacial score (nSPS) is 21.0. The number of aliphatic hydroxyl groups excluding tert-OH is 2. The Morgan fingerprint density at radius 2 is 1.66 bits per heavy atom. The lowest BCUT2D eigenvalue weighted by molar-refractivity contribution is -0.384. The van der Waals surface area contributed by atoms with Gasteiger partial charge in [-0.3, -0.25) is 20.3 Å². The van der Waals surface area contributed by atoms with Crippen LogP contribution in [0.25, 0.3) is 0 Å². The van der Waals surface area contributed by atoms with E-state index in [1.54, 1.807) is 53.4 Å². The van der Waals surface area contributed by atoms with E-state index in [-0.39, 0.29) is 75.9 Å². The third-order valence-corrected chi connectivity index (χ3v) is 13.7. The van der Waals surface area contributed by atoms with E-state index in [0.717, 1.165) is 23.1 Å². The van der Waals surface area contributed by atoms with Crippen LogP contribution in [0.3, 0.4) is 0 Å². The number of methoxy groups -OCH3 is 2. The first kappa shape index (κ1) is 54.8. The molecule has 18 heteroatoms. The molecule has 18 nitrogen and oxygen atoms in total. The molecule has 1 fully saturated rings. The van der Waals surface area contributed by atoms with Crippen LogP contribution < -0.4 is 24.3 Å². The molecule has 4 aromatic carbocycles. The lowest BCUT2D eigenvalue weighted by Crippen LogP contribution is -2.70. The van der Waals surface area contributed by atoms with Crippen LogP contribution >= 0.6 is 0 Å². The Labute approximate surface area is 432 Å². The van der Waals surface area contributed by atoms with Gasteiger partial charge in [0.1, 0.15) is 42.3 Å². The number of ether oxygens (including phenoxy) is 7. The van der Waals surface area contributed by atoms with E-state index >= 15 is 0 Å². The molecule has 6 atom stereocenters. The van der Waals surface area contributed by atoms with Crippen LogP contribution in [0.1, 0.15) is 80.9 Å². The number of non-ortho nitro benzene ring substituents is 1. The van der Waals surface area contributed by atoms with Crippen molar-refractivity contribution in [3.05, 3.63) is 142 Å². The number of carbonyl (C=O) groups excluding carboxylic acids is 2. The van der Waals surface area contributed by atoms with Gasteiger partial charge in [0.2, 0.25) is 5.79 Å². The molecule has 0 spiro atoms. The molecular weight excluding hydrogens is 953 g/mol. The third kappa shape index (κ3) is 13.2. The van der Waals surface area contributed by atoms with Gasteiger partial charge in [0.25, 0.3) is 5.69 Å². The standard InChI is InChI=1S/C56H68N4O14/c1-5-26-59(55(64)70-31-30-69-36-38-14-8-7-9-15-38)51-35-48(58-72-37-39-18-20-41(21-19-39)60(65)66)45-32-40(16-10-12-27-61)44(17-11-13-28-62)52-46-33-43(23-25-49(46)74-56(51,53(45)52)71-29-6-2)73-54(63)57-47-24-22-42(67-3)34-50(47)68-4/h6-9,14-15,18-25,32-34,40,44,51-53,61-62H,2,5,10-13,16-17,26-31,35-37H2,1,3-4H3,(H,57,63)/t40-,44+,51-,52+,53+,56+/m0/s1. The van der Waals surface area contributed by atoms with Crippen molar-refractivity contribution in [2.45, 2.75) is 89.3 Å². The van der Waals surface area contributed by atoms with E-state index in [2.05, 4.69) is 18.0 Å². The summed E-state index contributed by atoms with van der Waals surface area (Å²) >= 11 is 0. The predicted octanol–water partition coefficient (Wildman–Crippen LogP) is 10.1. The zero-order chi connectivity index (χ0) is 52.5. The van der Waals surface area contributed by atoms with Crippen LogP contribution in [0.5, 0.6) is 23.0 Å². The van der Waals surface area contributed by atoms with Crippen LogP contribution in [-0.4, -0.2) is 104 Å². The smallest absolute Gasteiger partial charge is 0.417 e. The van der Waals surface area contributed by atoms with Crippen LogP contribution in [0.2, 0.25) is 0 Å². The highest BCUT2D eigenvalue weighted by Crippen LogP contribution is 2.62. The molecule has 0 radical (unpaired) electrons. The van der Waals surface area contributed by atoms with E-state index in [9.17, 15) is 29.9 Å². The first-order valence-corrected chi connectivity index (χ1v) is 25.3. The summed E-state index contributed by atoms with van der Waals surface area (Å²) in [7, 11) is 3.02. The zero-order valence-electron chi connectivity index (χ0n) is 42.4. The first-order valence-electron chi connectivity index (χ1n) is 25.3. The van der Waals surface area contributed by atoms with Crippen molar-refractivity contribution in [3.63, 3.8) is 0 Å². The Kier molecular flexibility index (Phi) is 19.8. The number of unbranched alkanes of at least 4 members (excludes halogenated alkanes) is 2. The Morgan fingerprint density at radius 3 is 2.36 bits per heavy atom. The lowest BCUT2D eigenvalue weighted by Gasteiger charge is -2.59. The van der Waals surface area contributed by atoms with Crippen molar-refractivity contribution in [1.29, 1.82) is 0 Å². The van der Waals surface area contributed by atoms with Gasteiger partial charge in [-0.05, 0) is 103 Å². The molecule has 2 aliphatic carbocycles. The van der Waals surface area contributed by atoms with Gasteiger partial charge >= 0.3 is 12.2 Å². The number of nitrogens with one attached hydrogen (secondary N) is 1. The monoisotopic (exact) mass is 1020 g/mol. The van der Waals surface area contributed by atoms with Crippen molar-refractivity contribution in [3.8, 4) is 23.0 Å². The van der Waals surface area contributed by atoms with Crippen LogP contribution in [0.4, 0.5) is 21.0 Å². The molecule has 3 N–H and O–H groups in total. The number of carbonyl (C=O) groups is 2. The number of benzene rings is 4. The van der Waals surface area contributed by atoms with E-state index < -0.39 is 40.8 Å². The van der Waals surface area contributed by atoms with Crippen molar-refractivity contribution in [2.24, 2.45) is 22.9 Å². The number of rotatable bonds is 27. The van der Waals surface area contributed by atoms with Gasteiger partial charge in [-0.15, -0.1) is 6.58 Å². The molecule has 2 amide bonds. The first-order chi connectivity index (χ1) is 36.1. The Morgan fingerprint density at radius 1 is 0.919 bits per heavy atom. The van der Waals surface area contributed by atoms with Gasteiger partial charge in [0.15, 0.2) is 0 Å². The second-order valence-corrected chi connectivity index (χ2v) is 18.4.